The van der Waals surface area contributed by atoms with Crippen molar-refractivity contribution in [2.24, 2.45) is 0 Å². The van der Waals surface area contributed by atoms with Gasteiger partial charge in [-0.25, -0.2) is 0 Å². The summed E-state index contributed by atoms with van der Waals surface area (Å²) in [6, 6.07) is 29.4. The number of hydrogen-bond donors (Lipinski definition) is 1. The summed E-state index contributed by atoms with van der Waals surface area (Å²) in [5.74, 6) is 0. The Labute approximate surface area is 193 Å². The smallest absolute Gasteiger partial charge is 0.187 e. The molecule has 0 radical (unpaired) electrons. The lowest BCUT2D eigenvalue weighted by Crippen LogP contribution is -2.62. The Kier molecular flexibility index (Phi) is 7.12. The number of hydrogen-bond acceptors (Lipinski definition) is 6. The van der Waals surface area contributed by atoms with Gasteiger partial charge in [0.2, 0.25) is 0 Å². The molecule has 1 N–H and O–H groups in total. The second kappa shape index (κ2) is 10.6. The maximum Gasteiger partial charge on any atom is 0.187 e. The molecule has 0 aliphatic carbocycles. The van der Waals surface area contributed by atoms with E-state index in [1.807, 2.05) is 91.0 Å². The lowest BCUT2D eigenvalue weighted by molar-refractivity contribution is -0.368. The van der Waals surface area contributed by atoms with E-state index in [0.29, 0.717) is 13.2 Å². The fraction of sp³-hybridized carbons (Fsp3) is 0.333. The average molecular weight is 449 g/mol. The summed E-state index contributed by atoms with van der Waals surface area (Å²) in [7, 11) is 0. The second-order valence-electron chi connectivity index (χ2n) is 8.27. The molecule has 6 nitrogen and oxygen atoms in total. The molecule has 2 fully saturated rings. The van der Waals surface area contributed by atoms with E-state index >= 15 is 0 Å². The van der Waals surface area contributed by atoms with Gasteiger partial charge in [-0.3, -0.25) is 0 Å². The largest absolute Gasteiger partial charge is 0.387 e. The fourth-order valence-electron chi connectivity index (χ4n) is 4.18. The van der Waals surface area contributed by atoms with Crippen molar-refractivity contribution in [3.8, 4) is 0 Å². The highest BCUT2D eigenvalue weighted by atomic mass is 16.8. The zero-order chi connectivity index (χ0) is 22.5. The first kappa shape index (κ1) is 22.2. The number of ether oxygens (including phenoxy) is 5. The van der Waals surface area contributed by atoms with Gasteiger partial charge in [0.05, 0.1) is 19.8 Å². The van der Waals surface area contributed by atoms with E-state index in [0.717, 1.165) is 16.7 Å². The third kappa shape index (κ3) is 5.33. The highest BCUT2D eigenvalue weighted by Gasteiger charge is 2.50. The zero-order valence-corrected chi connectivity index (χ0v) is 18.2. The molecular weight excluding hydrogens is 420 g/mol. The molecule has 6 atom stereocenters. The molecule has 172 valence electrons. The van der Waals surface area contributed by atoms with Gasteiger partial charge < -0.3 is 28.8 Å². The minimum absolute atomic E-state index is 0.290. The summed E-state index contributed by atoms with van der Waals surface area (Å²) in [6.07, 6.45) is -4.04. The lowest BCUT2D eigenvalue weighted by Gasteiger charge is -2.47. The molecule has 0 saturated carbocycles. The normalized spacial score (nSPS) is 29.4. The molecule has 33 heavy (non-hydrogen) atoms. The maximum atomic E-state index is 11.3. The van der Waals surface area contributed by atoms with Gasteiger partial charge >= 0.3 is 0 Å². The van der Waals surface area contributed by atoms with Gasteiger partial charge in [0.25, 0.3) is 0 Å². The number of fused-ring (bicyclic) bond motifs is 1. The molecule has 3 aromatic carbocycles. The maximum absolute atomic E-state index is 11.3. The van der Waals surface area contributed by atoms with Gasteiger partial charge in [-0.15, -0.1) is 0 Å². The first-order valence-electron chi connectivity index (χ1n) is 11.2. The van der Waals surface area contributed by atoms with Crippen molar-refractivity contribution in [1.82, 2.24) is 0 Å². The molecular formula is C27H28O6. The molecule has 3 aromatic rings. The molecule has 6 heteroatoms. The van der Waals surface area contributed by atoms with E-state index in [1.54, 1.807) is 0 Å². The molecule has 0 spiro atoms. The molecule has 5 rings (SSSR count). The van der Waals surface area contributed by atoms with Crippen molar-refractivity contribution in [1.29, 1.82) is 0 Å². The molecule has 2 aliphatic heterocycles. The predicted octanol–water partition coefficient (Wildman–Crippen LogP) is 3.99. The first-order chi connectivity index (χ1) is 16.3. The number of rotatable bonds is 7. The van der Waals surface area contributed by atoms with Crippen molar-refractivity contribution in [3.05, 3.63) is 108 Å². The summed E-state index contributed by atoms with van der Waals surface area (Å²) in [6.45, 7) is 0.959. The van der Waals surface area contributed by atoms with Gasteiger partial charge in [-0.1, -0.05) is 91.0 Å². The summed E-state index contributed by atoms with van der Waals surface area (Å²) in [5, 5.41) is 11.3. The van der Waals surface area contributed by atoms with Crippen LogP contribution >= 0.6 is 0 Å². The molecule has 0 bridgehead atoms. The molecule has 0 aromatic heterocycles. The van der Waals surface area contributed by atoms with Crippen molar-refractivity contribution < 1.29 is 28.8 Å². The van der Waals surface area contributed by atoms with Crippen LogP contribution in [0.25, 0.3) is 0 Å². The molecule has 0 amide bonds. The van der Waals surface area contributed by atoms with Crippen molar-refractivity contribution in [3.63, 3.8) is 0 Å². The van der Waals surface area contributed by atoms with Gasteiger partial charge in [0.1, 0.15) is 24.4 Å². The van der Waals surface area contributed by atoms with Crippen LogP contribution in [0.3, 0.4) is 0 Å². The van der Waals surface area contributed by atoms with Crippen LogP contribution < -0.4 is 0 Å². The Balaban J connectivity index is 1.31. The van der Waals surface area contributed by atoms with Crippen molar-refractivity contribution in [2.75, 3.05) is 6.61 Å². The highest BCUT2D eigenvalue weighted by molar-refractivity contribution is 5.17. The van der Waals surface area contributed by atoms with Gasteiger partial charge in [0, 0.05) is 5.56 Å². The van der Waals surface area contributed by atoms with Crippen LogP contribution in [0.1, 0.15) is 23.0 Å². The Bertz CT molecular complexity index is 983. The van der Waals surface area contributed by atoms with Crippen LogP contribution in [0.4, 0.5) is 0 Å². The van der Waals surface area contributed by atoms with E-state index < -0.39 is 37.0 Å². The van der Waals surface area contributed by atoms with Gasteiger partial charge in [-0.2, -0.15) is 0 Å². The second-order valence-corrected chi connectivity index (χ2v) is 8.27. The Morgan fingerprint density at radius 3 is 1.94 bits per heavy atom. The van der Waals surface area contributed by atoms with E-state index in [1.165, 1.54) is 0 Å². The monoisotopic (exact) mass is 448 g/mol. The minimum Gasteiger partial charge on any atom is -0.387 e. The third-order valence-electron chi connectivity index (χ3n) is 5.92. The molecule has 2 saturated heterocycles. The Hall–Kier alpha value is -2.58. The van der Waals surface area contributed by atoms with Crippen molar-refractivity contribution in [2.45, 2.75) is 50.2 Å². The fourth-order valence-corrected chi connectivity index (χ4v) is 4.18. The van der Waals surface area contributed by atoms with Crippen molar-refractivity contribution >= 4 is 0 Å². The lowest BCUT2D eigenvalue weighted by atomic mass is 9.97. The van der Waals surface area contributed by atoms with Crippen LogP contribution in [0, 0.1) is 0 Å². The van der Waals surface area contributed by atoms with Crippen LogP contribution in [-0.2, 0) is 36.9 Å². The minimum atomic E-state index is -0.941. The molecule has 2 heterocycles. The third-order valence-corrected chi connectivity index (χ3v) is 5.92. The number of aliphatic hydroxyl groups is 1. The van der Waals surface area contributed by atoms with Crippen LogP contribution in [0.2, 0.25) is 0 Å². The van der Waals surface area contributed by atoms with Crippen LogP contribution in [-0.4, -0.2) is 42.4 Å². The van der Waals surface area contributed by atoms with E-state index in [9.17, 15) is 5.11 Å². The average Bonchev–Trinajstić information content (AvgIpc) is 2.88. The van der Waals surface area contributed by atoms with E-state index in [-0.39, 0.29) is 6.61 Å². The summed E-state index contributed by atoms with van der Waals surface area (Å²) in [5.41, 5.74) is 2.91. The number of benzene rings is 3. The van der Waals surface area contributed by atoms with Gasteiger partial charge in [-0.05, 0) is 11.1 Å². The summed E-state index contributed by atoms with van der Waals surface area (Å²) < 4.78 is 30.5. The van der Waals surface area contributed by atoms with Crippen LogP contribution in [0.15, 0.2) is 91.0 Å². The summed E-state index contributed by atoms with van der Waals surface area (Å²) in [4.78, 5) is 0. The standard InChI is InChI=1S/C27H28O6/c28-23-24-22(18-31-26(33-24)21-14-8-3-9-15-21)32-27(30-17-20-12-6-2-7-13-20)25(23)29-16-19-10-4-1-5-11-19/h1-15,22-28H,16-18H2/t22?,23?,24-,25?,26?,27+/m1/s1. The topological polar surface area (TPSA) is 66.4 Å². The number of aliphatic hydroxyl groups excluding tert-OH is 1. The SMILES string of the molecule is OC1C(OCc2ccccc2)[C@@H](OCc2ccccc2)OC2COC(c3ccccc3)O[C@H]21. The Morgan fingerprint density at radius 2 is 1.30 bits per heavy atom. The molecule has 4 unspecified atom stereocenters. The van der Waals surface area contributed by atoms with Gasteiger partial charge in [0.15, 0.2) is 12.6 Å². The van der Waals surface area contributed by atoms with E-state index in [4.69, 9.17) is 23.7 Å². The predicted molar refractivity (Wildman–Crippen MR) is 121 cm³/mol. The summed E-state index contributed by atoms with van der Waals surface area (Å²) >= 11 is 0. The highest BCUT2D eigenvalue weighted by Crippen LogP contribution is 2.35. The first-order valence-corrected chi connectivity index (χ1v) is 11.2. The zero-order valence-electron chi connectivity index (χ0n) is 18.2. The molecule has 2 aliphatic rings. The Morgan fingerprint density at radius 1 is 0.727 bits per heavy atom. The quantitative estimate of drug-likeness (QED) is 0.590. The van der Waals surface area contributed by atoms with Crippen LogP contribution in [0.5, 0.6) is 0 Å². The van der Waals surface area contributed by atoms with E-state index in [2.05, 4.69) is 0 Å².